The summed E-state index contributed by atoms with van der Waals surface area (Å²) < 4.78 is 55.2. The first-order valence-corrected chi connectivity index (χ1v) is 12.1. The topological polar surface area (TPSA) is 116 Å². The maximum Gasteiger partial charge on any atom is 0.261 e. The first-order chi connectivity index (χ1) is 13.3. The van der Waals surface area contributed by atoms with Crippen LogP contribution in [0.2, 0.25) is 0 Å². The highest BCUT2D eigenvalue weighted by molar-refractivity contribution is 7.93. The highest BCUT2D eigenvalue weighted by atomic mass is 32.2. The van der Waals surface area contributed by atoms with E-state index in [2.05, 4.69) is 15.5 Å². The van der Waals surface area contributed by atoms with Crippen LogP contribution in [-0.4, -0.2) is 22.6 Å². The number of hydrogen-bond acceptors (Lipinski definition) is 5. The highest BCUT2D eigenvalue weighted by Crippen LogP contribution is 2.25. The molecule has 7 nitrogen and oxygen atoms in total. The van der Waals surface area contributed by atoms with Crippen LogP contribution in [0.4, 0.5) is 11.4 Å². The average molecular weight is 436 g/mol. The molecule has 0 aromatic heterocycles. The predicted molar refractivity (Wildman–Crippen MR) is 115 cm³/mol. The molecule has 0 spiro atoms. The first-order valence-electron chi connectivity index (χ1n) is 8.95. The van der Waals surface area contributed by atoms with Gasteiger partial charge in [0, 0.05) is 5.69 Å². The van der Waals surface area contributed by atoms with Gasteiger partial charge in [-0.15, -0.1) is 0 Å². The number of rotatable bonds is 8. The number of benzene rings is 2. The fraction of sp³-hybridized carbons (Fsp3) is 0.350. The van der Waals surface area contributed by atoms with E-state index in [-0.39, 0.29) is 22.8 Å². The van der Waals surface area contributed by atoms with Crippen LogP contribution in [-0.2, 0) is 20.0 Å². The van der Waals surface area contributed by atoms with Gasteiger partial charge in [0.05, 0.1) is 27.8 Å². The third-order valence-corrected chi connectivity index (χ3v) is 7.01. The fourth-order valence-corrected chi connectivity index (χ4v) is 4.98. The second-order valence-electron chi connectivity index (χ2n) is 7.62. The van der Waals surface area contributed by atoms with E-state index >= 15 is 0 Å². The summed E-state index contributed by atoms with van der Waals surface area (Å²) in [6.07, 6.45) is 0.158. The summed E-state index contributed by atoms with van der Waals surface area (Å²) in [5, 5.41) is 9.05. The molecule has 0 saturated carbocycles. The zero-order valence-corrected chi connectivity index (χ0v) is 18.5. The lowest BCUT2D eigenvalue weighted by atomic mass is 9.93. The van der Waals surface area contributed by atoms with Crippen LogP contribution in [0.25, 0.3) is 0 Å². The number of aryl methyl sites for hydroxylation is 2. The summed E-state index contributed by atoms with van der Waals surface area (Å²) in [5.41, 5.74) is 1.33. The number of nitriles is 1. The monoisotopic (exact) mass is 435 g/mol. The normalized spacial score (nSPS) is 12.2. The van der Waals surface area contributed by atoms with Gasteiger partial charge in [0.15, 0.2) is 0 Å². The minimum absolute atomic E-state index is 0.0559. The van der Waals surface area contributed by atoms with Gasteiger partial charge in [0.1, 0.15) is 0 Å². The summed E-state index contributed by atoms with van der Waals surface area (Å²) >= 11 is 0. The van der Waals surface area contributed by atoms with Crippen LogP contribution in [0.5, 0.6) is 0 Å². The smallest absolute Gasteiger partial charge is 0.261 e. The number of hydrogen-bond donors (Lipinski definition) is 2. The van der Waals surface area contributed by atoms with Crippen molar-refractivity contribution in [3.63, 3.8) is 0 Å². The molecular formula is C20H25N3O4S2. The Hall–Kier alpha value is -2.57. The Morgan fingerprint density at radius 3 is 2.31 bits per heavy atom. The van der Waals surface area contributed by atoms with Gasteiger partial charge in [0.2, 0.25) is 10.0 Å². The van der Waals surface area contributed by atoms with Gasteiger partial charge in [-0.25, -0.2) is 16.8 Å². The van der Waals surface area contributed by atoms with E-state index < -0.39 is 25.5 Å². The lowest BCUT2D eigenvalue weighted by Gasteiger charge is -2.17. The lowest BCUT2D eigenvalue weighted by molar-refractivity contribution is 0.474. The molecule has 0 saturated heterocycles. The third-order valence-electron chi connectivity index (χ3n) is 4.35. The van der Waals surface area contributed by atoms with Crippen molar-refractivity contribution in [2.75, 3.05) is 15.2 Å². The van der Waals surface area contributed by atoms with Gasteiger partial charge in [-0.05, 0) is 69.5 Å². The van der Waals surface area contributed by atoms with Crippen molar-refractivity contribution in [1.29, 1.82) is 5.26 Å². The van der Waals surface area contributed by atoms with Gasteiger partial charge >= 0.3 is 0 Å². The van der Waals surface area contributed by atoms with Gasteiger partial charge < -0.3 is 0 Å². The zero-order valence-electron chi connectivity index (χ0n) is 16.9. The summed E-state index contributed by atoms with van der Waals surface area (Å²) in [4.78, 5) is -0.0559. The molecule has 0 amide bonds. The van der Waals surface area contributed by atoms with Crippen molar-refractivity contribution in [3.8, 4) is 6.07 Å². The minimum Gasteiger partial charge on any atom is -0.283 e. The summed E-state index contributed by atoms with van der Waals surface area (Å²) in [6, 6.07) is 13.3. The van der Waals surface area contributed by atoms with E-state index in [1.165, 1.54) is 12.1 Å². The predicted octanol–water partition coefficient (Wildman–Crippen LogP) is 3.79. The third kappa shape index (κ3) is 6.48. The molecule has 0 fully saturated rings. The Bertz CT molecular complexity index is 1150. The molecule has 0 bridgehead atoms. The molecule has 29 heavy (non-hydrogen) atoms. The standard InChI is InChI=1S/C20H25N3O4S2/c1-15-6-5-7-17(12-15)22-29(26,27)18-9-8-16(2)19(13-18)23-28(24,25)11-10-20(3,4)14-21/h5-9,12-13,22-23H,10-11H2,1-4H3. The van der Waals surface area contributed by atoms with E-state index in [9.17, 15) is 16.8 Å². The molecular weight excluding hydrogens is 410 g/mol. The molecule has 0 atom stereocenters. The van der Waals surface area contributed by atoms with Crippen molar-refractivity contribution in [2.45, 2.75) is 39.0 Å². The summed E-state index contributed by atoms with van der Waals surface area (Å²) in [7, 11) is -7.64. The van der Waals surface area contributed by atoms with Crippen LogP contribution in [0.3, 0.4) is 0 Å². The Labute approximate surface area is 172 Å². The average Bonchev–Trinajstić information content (AvgIpc) is 2.61. The Morgan fingerprint density at radius 2 is 1.69 bits per heavy atom. The molecule has 0 aliphatic heterocycles. The molecule has 2 aromatic carbocycles. The van der Waals surface area contributed by atoms with E-state index in [4.69, 9.17) is 5.26 Å². The van der Waals surface area contributed by atoms with Gasteiger partial charge in [-0.3, -0.25) is 9.44 Å². The van der Waals surface area contributed by atoms with Crippen molar-refractivity contribution in [1.82, 2.24) is 0 Å². The van der Waals surface area contributed by atoms with Crippen molar-refractivity contribution in [2.24, 2.45) is 5.41 Å². The van der Waals surface area contributed by atoms with Crippen LogP contribution in [0.15, 0.2) is 47.4 Å². The van der Waals surface area contributed by atoms with Crippen molar-refractivity contribution in [3.05, 3.63) is 53.6 Å². The SMILES string of the molecule is Cc1cccc(NS(=O)(=O)c2ccc(C)c(NS(=O)(=O)CCC(C)(C)C#N)c2)c1. The van der Waals surface area contributed by atoms with Crippen LogP contribution in [0, 0.1) is 30.6 Å². The van der Waals surface area contributed by atoms with E-state index in [0.29, 0.717) is 11.3 Å². The second-order valence-corrected chi connectivity index (χ2v) is 11.1. The molecule has 0 aliphatic rings. The minimum atomic E-state index is -3.89. The van der Waals surface area contributed by atoms with E-state index in [1.807, 2.05) is 13.0 Å². The van der Waals surface area contributed by atoms with Crippen molar-refractivity contribution < 1.29 is 16.8 Å². The lowest BCUT2D eigenvalue weighted by Crippen LogP contribution is -2.22. The van der Waals surface area contributed by atoms with Crippen LogP contribution >= 0.6 is 0 Å². The highest BCUT2D eigenvalue weighted by Gasteiger charge is 2.23. The van der Waals surface area contributed by atoms with E-state index in [1.54, 1.807) is 45.0 Å². The van der Waals surface area contributed by atoms with Crippen LogP contribution < -0.4 is 9.44 Å². The molecule has 2 aromatic rings. The molecule has 2 rings (SSSR count). The summed E-state index contributed by atoms with van der Waals surface area (Å²) in [5.74, 6) is -0.245. The largest absolute Gasteiger partial charge is 0.283 e. The number of nitrogens with zero attached hydrogens (tertiary/aromatic N) is 1. The Kier molecular flexibility index (Phi) is 6.60. The van der Waals surface area contributed by atoms with Crippen LogP contribution in [0.1, 0.15) is 31.4 Å². The number of anilines is 2. The molecule has 0 heterocycles. The second kappa shape index (κ2) is 8.43. The quantitative estimate of drug-likeness (QED) is 0.654. The number of nitrogens with one attached hydrogen (secondary N) is 2. The molecule has 156 valence electrons. The fourth-order valence-electron chi connectivity index (χ4n) is 2.46. The molecule has 0 unspecified atom stereocenters. The zero-order chi connectivity index (χ0) is 21.9. The molecule has 2 N–H and O–H groups in total. The van der Waals surface area contributed by atoms with Gasteiger partial charge in [-0.1, -0.05) is 18.2 Å². The first kappa shape index (κ1) is 22.7. The molecule has 9 heteroatoms. The maximum atomic E-state index is 12.7. The van der Waals surface area contributed by atoms with Crippen molar-refractivity contribution >= 4 is 31.4 Å². The number of sulfonamides is 2. The Morgan fingerprint density at radius 1 is 1.00 bits per heavy atom. The summed E-state index contributed by atoms with van der Waals surface area (Å²) in [6.45, 7) is 6.86. The van der Waals surface area contributed by atoms with Gasteiger partial charge in [0.25, 0.3) is 10.0 Å². The molecule has 0 aliphatic carbocycles. The van der Waals surface area contributed by atoms with E-state index in [0.717, 1.165) is 5.56 Å². The molecule has 0 radical (unpaired) electrons. The van der Waals surface area contributed by atoms with Gasteiger partial charge in [-0.2, -0.15) is 5.26 Å². The maximum absolute atomic E-state index is 12.7. The Balaban J connectivity index is 2.26.